The van der Waals surface area contributed by atoms with E-state index < -0.39 is 0 Å². The lowest BCUT2D eigenvalue weighted by molar-refractivity contribution is 0.275. The minimum Gasteiger partial charge on any atom is -0.311 e. The summed E-state index contributed by atoms with van der Waals surface area (Å²) in [6, 6.07) is 8.21. The number of halogens is 1. The van der Waals surface area contributed by atoms with Gasteiger partial charge in [0.05, 0.1) is 28.8 Å². The normalized spacial score (nSPS) is 21.5. The lowest BCUT2D eigenvalue weighted by Gasteiger charge is -2.35. The molecule has 32 heavy (non-hydrogen) atoms. The smallest absolute Gasteiger partial charge is 0.156 e. The van der Waals surface area contributed by atoms with Gasteiger partial charge in [0.25, 0.3) is 0 Å². The molecule has 0 aliphatic carbocycles. The molecule has 0 saturated carbocycles. The fraction of sp³-hybridized carbons (Fsp3) is 0.440. The fourth-order valence-electron chi connectivity index (χ4n) is 4.91. The van der Waals surface area contributed by atoms with Gasteiger partial charge in [0.15, 0.2) is 5.65 Å². The molecule has 1 N–H and O–H groups in total. The number of benzene rings is 1. The number of aromatic nitrogens is 5. The van der Waals surface area contributed by atoms with Crippen molar-refractivity contribution in [3.8, 4) is 11.3 Å². The second-order valence-electron chi connectivity index (χ2n) is 9.07. The summed E-state index contributed by atoms with van der Waals surface area (Å²) in [5.41, 5.74) is 5.53. The molecule has 3 aromatic heterocycles. The second-order valence-corrected chi connectivity index (χ2v) is 9.07. The van der Waals surface area contributed by atoms with E-state index in [4.69, 9.17) is 0 Å². The number of nitrogens with zero attached hydrogens (tertiary/aromatic N) is 5. The van der Waals surface area contributed by atoms with E-state index in [9.17, 15) is 0 Å². The molecule has 1 aliphatic heterocycles. The van der Waals surface area contributed by atoms with Crippen LogP contribution < -0.4 is 5.32 Å². The van der Waals surface area contributed by atoms with Gasteiger partial charge in [0, 0.05) is 29.0 Å². The summed E-state index contributed by atoms with van der Waals surface area (Å²) in [4.78, 5) is 4.49. The van der Waals surface area contributed by atoms with Gasteiger partial charge in [-0.3, -0.25) is 0 Å². The summed E-state index contributed by atoms with van der Waals surface area (Å²) in [5, 5.41) is 17.8. The lowest BCUT2D eigenvalue weighted by Crippen LogP contribution is -2.44. The van der Waals surface area contributed by atoms with Crippen molar-refractivity contribution in [3.05, 3.63) is 53.2 Å². The zero-order valence-corrected chi connectivity index (χ0v) is 19.1. The Bertz CT molecular complexity index is 1280. The average molecular weight is 433 g/mol. The van der Waals surface area contributed by atoms with Crippen LogP contribution in [0.25, 0.3) is 27.8 Å². The van der Waals surface area contributed by atoms with Gasteiger partial charge < -0.3 is 5.32 Å². The number of aryl methyl sites for hydroxylation is 2. The van der Waals surface area contributed by atoms with Gasteiger partial charge in [-0.2, -0.15) is 15.3 Å². The van der Waals surface area contributed by atoms with Crippen LogP contribution >= 0.6 is 0 Å². The number of rotatable bonds is 4. The first-order chi connectivity index (χ1) is 15.4. The minimum absolute atomic E-state index is 0.289. The predicted octanol–water partition coefficient (Wildman–Crippen LogP) is 5.12. The molecule has 0 amide bonds. The lowest BCUT2D eigenvalue weighted by atomic mass is 9.83. The molecule has 4 heterocycles. The zero-order valence-electron chi connectivity index (χ0n) is 19.1. The Morgan fingerprint density at radius 1 is 1.03 bits per heavy atom. The maximum absolute atomic E-state index is 15.3. The van der Waals surface area contributed by atoms with E-state index in [1.807, 2.05) is 38.2 Å². The number of nitrogens with one attached hydrogen (secondary N) is 1. The Balaban J connectivity index is 1.53. The topological polar surface area (TPSA) is 68.0 Å². The van der Waals surface area contributed by atoms with Crippen LogP contribution in [0.3, 0.4) is 0 Å². The van der Waals surface area contributed by atoms with E-state index in [0.717, 1.165) is 48.3 Å². The van der Waals surface area contributed by atoms with Crippen molar-refractivity contribution in [3.63, 3.8) is 0 Å². The number of fused-ring (bicyclic) bond motifs is 2. The SMILES string of the molecule is CC[C@@H]1CC(c2cc3c(F)cc(-c4cc(C)c5nc(C)cn5n4)cc3nn2)C[C@@H](CC)N1. The molecule has 1 fully saturated rings. The van der Waals surface area contributed by atoms with Crippen LogP contribution in [-0.4, -0.2) is 36.9 Å². The molecule has 0 unspecified atom stereocenters. The summed E-state index contributed by atoms with van der Waals surface area (Å²) in [7, 11) is 0. The van der Waals surface area contributed by atoms with Crippen molar-refractivity contribution in [2.75, 3.05) is 0 Å². The van der Waals surface area contributed by atoms with Crippen LogP contribution in [0.1, 0.15) is 62.4 Å². The highest BCUT2D eigenvalue weighted by molar-refractivity contribution is 5.84. The number of imidazole rings is 1. The van der Waals surface area contributed by atoms with E-state index in [0.29, 0.717) is 40.2 Å². The van der Waals surface area contributed by atoms with Gasteiger partial charge >= 0.3 is 0 Å². The Hall–Kier alpha value is -2.93. The van der Waals surface area contributed by atoms with Crippen LogP contribution in [0, 0.1) is 19.7 Å². The molecule has 7 heteroatoms. The second kappa shape index (κ2) is 8.20. The summed E-state index contributed by atoms with van der Waals surface area (Å²) in [5.74, 6) is 0.0151. The van der Waals surface area contributed by atoms with E-state index in [-0.39, 0.29) is 5.82 Å². The van der Waals surface area contributed by atoms with E-state index in [2.05, 4.69) is 39.4 Å². The molecular weight excluding hydrogens is 403 g/mol. The number of hydrogen-bond donors (Lipinski definition) is 1. The monoisotopic (exact) mass is 432 g/mol. The Morgan fingerprint density at radius 2 is 1.78 bits per heavy atom. The van der Waals surface area contributed by atoms with Crippen molar-refractivity contribution in [2.45, 2.75) is 71.4 Å². The highest BCUT2D eigenvalue weighted by atomic mass is 19.1. The minimum atomic E-state index is -0.289. The largest absolute Gasteiger partial charge is 0.311 e. The van der Waals surface area contributed by atoms with Crippen molar-refractivity contribution >= 4 is 16.6 Å². The first-order valence-electron chi connectivity index (χ1n) is 11.5. The Kier molecular flexibility index (Phi) is 5.37. The molecule has 0 radical (unpaired) electrons. The van der Waals surface area contributed by atoms with Crippen LogP contribution in [0.4, 0.5) is 4.39 Å². The molecule has 2 atom stereocenters. The van der Waals surface area contributed by atoms with Crippen LogP contribution in [0.5, 0.6) is 0 Å². The fourth-order valence-corrected chi connectivity index (χ4v) is 4.91. The molecule has 5 rings (SSSR count). The molecule has 1 aliphatic rings. The van der Waals surface area contributed by atoms with Gasteiger partial charge in [-0.25, -0.2) is 13.9 Å². The number of hydrogen-bond acceptors (Lipinski definition) is 5. The molecule has 6 nitrogen and oxygen atoms in total. The Labute approximate surface area is 187 Å². The standard InChI is InChI=1S/C25H29FN6/c1-5-18-8-16(9-19(6-2)28-18)22-12-20-21(26)10-17(11-24(20)30-29-22)23-7-14(3)25-27-15(4)13-32(25)31-23/h7,10-13,16,18-19,28H,5-6,8-9H2,1-4H3/t18-,19-/m1/s1. The molecule has 0 spiro atoms. The quantitative estimate of drug-likeness (QED) is 0.485. The molecule has 0 bridgehead atoms. The molecular formula is C25H29FN6. The van der Waals surface area contributed by atoms with E-state index in [1.165, 1.54) is 0 Å². The Morgan fingerprint density at radius 3 is 2.50 bits per heavy atom. The van der Waals surface area contributed by atoms with Crippen LogP contribution in [0.2, 0.25) is 0 Å². The van der Waals surface area contributed by atoms with Crippen molar-refractivity contribution in [1.82, 2.24) is 30.1 Å². The number of piperidine rings is 1. The summed E-state index contributed by atoms with van der Waals surface area (Å²) >= 11 is 0. The highest BCUT2D eigenvalue weighted by Gasteiger charge is 2.29. The summed E-state index contributed by atoms with van der Waals surface area (Å²) < 4.78 is 17.0. The van der Waals surface area contributed by atoms with Crippen LogP contribution in [0.15, 0.2) is 30.5 Å². The van der Waals surface area contributed by atoms with Crippen molar-refractivity contribution in [2.24, 2.45) is 0 Å². The molecule has 1 saturated heterocycles. The van der Waals surface area contributed by atoms with E-state index in [1.54, 1.807) is 10.6 Å². The predicted molar refractivity (Wildman–Crippen MR) is 124 cm³/mol. The summed E-state index contributed by atoms with van der Waals surface area (Å²) in [6.45, 7) is 8.34. The van der Waals surface area contributed by atoms with Crippen molar-refractivity contribution < 1.29 is 4.39 Å². The van der Waals surface area contributed by atoms with E-state index >= 15 is 4.39 Å². The average Bonchev–Trinajstić information content (AvgIpc) is 3.19. The van der Waals surface area contributed by atoms with Gasteiger partial charge in [-0.05, 0) is 69.4 Å². The van der Waals surface area contributed by atoms with Crippen molar-refractivity contribution in [1.29, 1.82) is 0 Å². The van der Waals surface area contributed by atoms with Gasteiger partial charge in [0.2, 0.25) is 0 Å². The maximum Gasteiger partial charge on any atom is 0.156 e. The van der Waals surface area contributed by atoms with Gasteiger partial charge in [-0.15, -0.1) is 0 Å². The first kappa shape index (κ1) is 20.9. The molecule has 4 aromatic rings. The third kappa shape index (κ3) is 3.75. The van der Waals surface area contributed by atoms with Gasteiger partial charge in [0.1, 0.15) is 5.82 Å². The van der Waals surface area contributed by atoms with Gasteiger partial charge in [-0.1, -0.05) is 13.8 Å². The highest BCUT2D eigenvalue weighted by Crippen LogP contribution is 2.33. The third-order valence-corrected chi connectivity index (χ3v) is 6.71. The molecule has 1 aromatic carbocycles. The third-order valence-electron chi connectivity index (χ3n) is 6.71. The van der Waals surface area contributed by atoms with Crippen LogP contribution in [-0.2, 0) is 0 Å². The first-order valence-corrected chi connectivity index (χ1v) is 11.5. The summed E-state index contributed by atoms with van der Waals surface area (Å²) in [6.07, 6.45) is 6.07. The molecule has 166 valence electrons. The zero-order chi connectivity index (χ0) is 22.4. The maximum atomic E-state index is 15.3.